The Hall–Kier alpha value is -0.160. The summed E-state index contributed by atoms with van der Waals surface area (Å²) in [4.78, 5) is 24.6. The van der Waals surface area contributed by atoms with Crippen LogP contribution < -0.4 is 0 Å². The fraction of sp³-hybridized carbons (Fsp3) is 1.00. The van der Waals surface area contributed by atoms with Crippen LogP contribution in [0.3, 0.4) is 0 Å². The third-order valence-corrected chi connectivity index (χ3v) is 6.79. The van der Waals surface area contributed by atoms with Crippen molar-refractivity contribution in [2.75, 3.05) is 0 Å². The van der Waals surface area contributed by atoms with Gasteiger partial charge in [0.1, 0.15) is 0 Å². The Morgan fingerprint density at radius 3 is 1.59 bits per heavy atom. The summed E-state index contributed by atoms with van der Waals surface area (Å²) < 4.78 is 0. The van der Waals surface area contributed by atoms with Crippen LogP contribution in [0.15, 0.2) is 0 Å². The summed E-state index contributed by atoms with van der Waals surface area (Å²) in [6, 6.07) is 0. The zero-order valence-corrected chi connectivity index (χ0v) is 20.9. The van der Waals surface area contributed by atoms with Crippen LogP contribution >= 0.6 is 0 Å². The molecule has 0 heterocycles. The van der Waals surface area contributed by atoms with Crippen molar-refractivity contribution >= 4 is 0 Å². The Morgan fingerprint density at radius 1 is 0.724 bits per heavy atom. The molecule has 3 unspecified atom stereocenters. The Balaban J connectivity index is 2.87. The molecule has 3 atom stereocenters. The third kappa shape index (κ3) is 8.47. The normalized spacial score (nSPS) is 25.3. The largest absolute Gasteiger partial charge is 0.239 e. The molecule has 1 aliphatic carbocycles. The third-order valence-electron chi connectivity index (χ3n) is 6.79. The van der Waals surface area contributed by atoms with Gasteiger partial charge in [-0.15, -0.1) is 0 Å². The summed E-state index contributed by atoms with van der Waals surface area (Å²) in [5.74, 6) is 0.00219. The fourth-order valence-electron chi connectivity index (χ4n) is 4.18. The summed E-state index contributed by atoms with van der Waals surface area (Å²) in [7, 11) is 0. The Labute approximate surface area is 181 Å². The van der Waals surface area contributed by atoms with E-state index in [0.29, 0.717) is 5.92 Å². The Morgan fingerprint density at radius 2 is 1.17 bits per heavy atom. The lowest BCUT2D eigenvalue weighted by molar-refractivity contribution is -0.569. The van der Waals surface area contributed by atoms with E-state index in [4.69, 9.17) is 19.6 Å². The number of hydrogen-bond acceptors (Lipinski definition) is 4. The lowest BCUT2D eigenvalue weighted by Crippen LogP contribution is -2.55. The highest BCUT2D eigenvalue weighted by atomic mass is 17.3. The average Bonchev–Trinajstić information content (AvgIpc) is 2.65. The molecule has 0 spiro atoms. The van der Waals surface area contributed by atoms with Crippen LogP contribution in [0.2, 0.25) is 0 Å². The smallest absolute Gasteiger partial charge is 0.228 e. The lowest BCUT2D eigenvalue weighted by atomic mass is 9.71. The van der Waals surface area contributed by atoms with E-state index in [1.807, 2.05) is 0 Å². The topological polar surface area (TPSA) is 36.9 Å². The summed E-state index contributed by atoms with van der Waals surface area (Å²) in [6.07, 6.45) is 11.3. The van der Waals surface area contributed by atoms with Crippen LogP contribution in [0.25, 0.3) is 0 Å². The number of hydrogen-bond donors (Lipinski definition) is 0. The van der Waals surface area contributed by atoms with Gasteiger partial charge in [-0.25, -0.2) is 9.78 Å². The van der Waals surface area contributed by atoms with E-state index in [1.54, 1.807) is 0 Å². The maximum absolute atomic E-state index is 6.23. The van der Waals surface area contributed by atoms with E-state index in [9.17, 15) is 0 Å². The van der Waals surface area contributed by atoms with Crippen LogP contribution in [-0.2, 0) is 19.6 Å². The predicted octanol–water partition coefficient (Wildman–Crippen LogP) is 8.00. The maximum atomic E-state index is 6.23. The Kier molecular flexibility index (Phi) is 11.1. The van der Waals surface area contributed by atoms with E-state index >= 15 is 0 Å². The van der Waals surface area contributed by atoms with Gasteiger partial charge in [-0.05, 0) is 59.3 Å². The molecule has 4 nitrogen and oxygen atoms in total. The summed E-state index contributed by atoms with van der Waals surface area (Å²) in [5.41, 5.74) is -0.690. The molecule has 0 bridgehead atoms. The van der Waals surface area contributed by atoms with E-state index in [-0.39, 0.29) is 23.0 Å². The Bertz CT molecular complexity index is 420. The quantitative estimate of drug-likeness (QED) is 0.125. The van der Waals surface area contributed by atoms with Crippen molar-refractivity contribution in [3.05, 3.63) is 0 Å². The van der Waals surface area contributed by atoms with E-state index in [2.05, 4.69) is 62.3 Å². The maximum Gasteiger partial charge on any atom is 0.239 e. The van der Waals surface area contributed by atoms with E-state index in [0.717, 1.165) is 32.1 Å². The summed E-state index contributed by atoms with van der Waals surface area (Å²) in [5, 5.41) is 0. The number of rotatable bonds is 14. The first-order chi connectivity index (χ1) is 13.5. The fourth-order valence-corrected chi connectivity index (χ4v) is 4.18. The van der Waals surface area contributed by atoms with Crippen molar-refractivity contribution < 1.29 is 19.6 Å². The standard InChI is InChI=1S/C25H50O4/c1-10-12-14-18-23(6,7)26-28-25(21(4)17-16-20(3)22(25)5)29-27-24(8,9)19-15-13-11-2/h20-22H,10-19H2,1-9H3. The minimum Gasteiger partial charge on any atom is -0.228 e. The van der Waals surface area contributed by atoms with Crippen molar-refractivity contribution in [1.29, 1.82) is 0 Å². The predicted molar refractivity (Wildman–Crippen MR) is 120 cm³/mol. The van der Waals surface area contributed by atoms with Crippen LogP contribution in [-0.4, -0.2) is 17.0 Å². The van der Waals surface area contributed by atoms with Gasteiger partial charge < -0.3 is 0 Å². The van der Waals surface area contributed by atoms with Crippen molar-refractivity contribution in [3.8, 4) is 0 Å². The molecule has 174 valence electrons. The van der Waals surface area contributed by atoms with Gasteiger partial charge >= 0.3 is 0 Å². The van der Waals surface area contributed by atoms with Gasteiger partial charge in [-0.2, -0.15) is 9.78 Å². The van der Waals surface area contributed by atoms with Crippen LogP contribution in [0, 0.1) is 17.8 Å². The van der Waals surface area contributed by atoms with Gasteiger partial charge in [-0.1, -0.05) is 73.1 Å². The molecule has 0 aliphatic heterocycles. The number of unbranched alkanes of at least 4 members (excludes halogenated alkanes) is 4. The highest BCUT2D eigenvalue weighted by molar-refractivity contribution is 4.89. The molecule has 1 rings (SSSR count). The molecule has 0 N–H and O–H groups in total. The molecule has 0 aromatic carbocycles. The van der Waals surface area contributed by atoms with Crippen molar-refractivity contribution in [1.82, 2.24) is 0 Å². The first kappa shape index (κ1) is 26.9. The van der Waals surface area contributed by atoms with E-state index < -0.39 is 5.79 Å². The summed E-state index contributed by atoms with van der Waals surface area (Å²) >= 11 is 0. The molecule has 1 fully saturated rings. The lowest BCUT2D eigenvalue weighted by Gasteiger charge is -2.48. The molecule has 0 amide bonds. The molecule has 0 aromatic heterocycles. The van der Waals surface area contributed by atoms with Crippen LogP contribution in [0.4, 0.5) is 0 Å². The minimum absolute atomic E-state index is 0.184. The van der Waals surface area contributed by atoms with Gasteiger partial charge in [0.25, 0.3) is 0 Å². The second-order valence-corrected chi connectivity index (χ2v) is 10.7. The molecule has 0 aromatic rings. The monoisotopic (exact) mass is 414 g/mol. The average molecular weight is 415 g/mol. The zero-order chi connectivity index (χ0) is 22.1. The molecular weight excluding hydrogens is 364 g/mol. The molecule has 0 saturated heterocycles. The molecular formula is C25H50O4. The molecule has 1 saturated carbocycles. The van der Waals surface area contributed by atoms with Gasteiger partial charge in [0.2, 0.25) is 5.79 Å². The molecule has 4 heteroatoms. The zero-order valence-electron chi connectivity index (χ0n) is 20.9. The SMILES string of the molecule is CCCCCC(C)(C)OOC1(OOC(C)(C)CCCCC)C(C)CCC(C)C1C. The van der Waals surface area contributed by atoms with Crippen molar-refractivity contribution in [3.63, 3.8) is 0 Å². The first-order valence-electron chi connectivity index (χ1n) is 12.2. The van der Waals surface area contributed by atoms with E-state index in [1.165, 1.54) is 32.1 Å². The van der Waals surface area contributed by atoms with Gasteiger partial charge in [0.15, 0.2) is 0 Å². The van der Waals surface area contributed by atoms with Gasteiger partial charge in [-0.3, -0.25) is 0 Å². The molecule has 0 radical (unpaired) electrons. The van der Waals surface area contributed by atoms with Crippen LogP contribution in [0.1, 0.15) is 127 Å². The van der Waals surface area contributed by atoms with Crippen molar-refractivity contribution in [2.45, 2.75) is 144 Å². The molecule has 1 aliphatic rings. The second-order valence-electron chi connectivity index (χ2n) is 10.7. The minimum atomic E-state index is -0.873. The second kappa shape index (κ2) is 12.0. The van der Waals surface area contributed by atoms with Crippen LogP contribution in [0.5, 0.6) is 0 Å². The first-order valence-corrected chi connectivity index (χ1v) is 12.2. The van der Waals surface area contributed by atoms with Gasteiger partial charge in [0, 0.05) is 11.8 Å². The highest BCUT2D eigenvalue weighted by Gasteiger charge is 2.53. The summed E-state index contributed by atoms with van der Waals surface area (Å²) in [6.45, 7) is 19.5. The highest BCUT2D eigenvalue weighted by Crippen LogP contribution is 2.46. The van der Waals surface area contributed by atoms with Gasteiger partial charge in [0.05, 0.1) is 11.2 Å². The molecule has 29 heavy (non-hydrogen) atoms. The van der Waals surface area contributed by atoms with Crippen molar-refractivity contribution in [2.24, 2.45) is 17.8 Å².